The summed E-state index contributed by atoms with van der Waals surface area (Å²) in [7, 11) is 0. The lowest BCUT2D eigenvalue weighted by molar-refractivity contribution is -0.124. The topological polar surface area (TPSA) is 125 Å². The van der Waals surface area contributed by atoms with Gasteiger partial charge in [-0.1, -0.05) is 11.3 Å². The smallest absolute Gasteiger partial charge is 0.238 e. The molecule has 1 saturated carbocycles. The Morgan fingerprint density at radius 1 is 1.48 bits per heavy atom. The number of nitriles is 1. The Morgan fingerprint density at radius 2 is 2.35 bits per heavy atom. The van der Waals surface area contributed by atoms with Crippen molar-refractivity contribution in [1.82, 2.24) is 25.6 Å². The molecule has 1 aromatic carbocycles. The highest BCUT2D eigenvalue weighted by molar-refractivity contribution is 5.83. The van der Waals surface area contributed by atoms with Crippen LogP contribution in [0.15, 0.2) is 24.4 Å². The lowest BCUT2D eigenvalue weighted by Gasteiger charge is -2.23. The van der Waals surface area contributed by atoms with Crippen molar-refractivity contribution < 1.29 is 19.0 Å². The molecule has 164 valence electrons. The predicted octanol–water partition coefficient (Wildman–Crippen LogP) is 0.607. The molecule has 2 heterocycles. The first kappa shape index (κ1) is 21.4. The second kappa shape index (κ2) is 9.51. The fourth-order valence-corrected chi connectivity index (χ4v) is 4.34. The Morgan fingerprint density at radius 3 is 3.03 bits per heavy atom. The summed E-state index contributed by atoms with van der Waals surface area (Å²) in [6.45, 7) is 0.316. The van der Waals surface area contributed by atoms with Gasteiger partial charge in [0.1, 0.15) is 17.6 Å². The van der Waals surface area contributed by atoms with Gasteiger partial charge in [0, 0.05) is 12.5 Å². The average molecular weight is 428 g/mol. The molecule has 2 aliphatic rings. The zero-order valence-electron chi connectivity index (χ0n) is 17.0. The van der Waals surface area contributed by atoms with E-state index < -0.39 is 11.9 Å². The van der Waals surface area contributed by atoms with Crippen LogP contribution in [0.3, 0.4) is 0 Å². The standard InChI is InChI=1S/C21H25FN6O3/c22-19-9-18(28-11-17(26-27-28)12-31-6-5-29)4-2-13(19)7-16(10-23)25-21(30)20-14-1-3-15(8-14)24-20/h2,4,9,11,14-16,20,24,29H,1,3,5-8,12H2,(H,25,30)/t14-,15+,16-,20-/m0/s1. The summed E-state index contributed by atoms with van der Waals surface area (Å²) in [4.78, 5) is 12.6. The van der Waals surface area contributed by atoms with Crippen LogP contribution >= 0.6 is 0 Å². The third-order valence-corrected chi connectivity index (χ3v) is 5.87. The molecule has 9 nitrogen and oxygen atoms in total. The van der Waals surface area contributed by atoms with Crippen LogP contribution in [0, 0.1) is 23.1 Å². The van der Waals surface area contributed by atoms with Crippen molar-refractivity contribution >= 4 is 5.91 Å². The number of amides is 1. The SMILES string of the molecule is N#C[C@H](Cc1ccc(-n2cc(COCCO)nn2)cc1F)NC(=O)[C@H]1N[C@@H]2CC[C@H]1C2. The number of nitrogens with one attached hydrogen (secondary N) is 2. The highest BCUT2D eigenvalue weighted by Crippen LogP contribution is 2.35. The van der Waals surface area contributed by atoms with Crippen LogP contribution in [0.25, 0.3) is 5.69 Å². The molecule has 0 spiro atoms. The van der Waals surface area contributed by atoms with Gasteiger partial charge in [-0.25, -0.2) is 9.07 Å². The predicted molar refractivity (Wildman–Crippen MR) is 107 cm³/mol. The van der Waals surface area contributed by atoms with Crippen LogP contribution < -0.4 is 10.6 Å². The van der Waals surface area contributed by atoms with E-state index in [0.29, 0.717) is 28.9 Å². The molecule has 1 aromatic heterocycles. The number of benzene rings is 1. The summed E-state index contributed by atoms with van der Waals surface area (Å²) >= 11 is 0. The normalized spacial score (nSPS) is 22.9. The van der Waals surface area contributed by atoms with Crippen molar-refractivity contribution in [3.05, 3.63) is 41.5 Å². The number of hydrogen-bond acceptors (Lipinski definition) is 7. The highest BCUT2D eigenvalue weighted by Gasteiger charge is 2.43. The first-order chi connectivity index (χ1) is 15.1. The molecule has 0 unspecified atom stereocenters. The first-order valence-corrected chi connectivity index (χ1v) is 10.4. The van der Waals surface area contributed by atoms with Gasteiger partial charge < -0.3 is 20.5 Å². The lowest BCUT2D eigenvalue weighted by atomic mass is 9.98. The van der Waals surface area contributed by atoms with Gasteiger partial charge in [-0.3, -0.25) is 4.79 Å². The third-order valence-electron chi connectivity index (χ3n) is 5.87. The quantitative estimate of drug-likeness (QED) is 0.500. The maximum atomic E-state index is 14.7. The Kier molecular flexibility index (Phi) is 6.56. The molecule has 2 fully saturated rings. The summed E-state index contributed by atoms with van der Waals surface area (Å²) in [5, 5.41) is 32.2. The molecule has 1 saturated heterocycles. The molecule has 4 atom stereocenters. The van der Waals surface area contributed by atoms with E-state index in [1.165, 1.54) is 10.7 Å². The number of aliphatic hydroxyl groups is 1. The average Bonchev–Trinajstić information content (AvgIpc) is 3.52. The minimum atomic E-state index is -0.810. The molecule has 2 aromatic rings. The van der Waals surface area contributed by atoms with E-state index in [4.69, 9.17) is 9.84 Å². The number of halogens is 1. The fourth-order valence-electron chi connectivity index (χ4n) is 4.34. The molecule has 31 heavy (non-hydrogen) atoms. The highest BCUT2D eigenvalue weighted by atomic mass is 19.1. The molecule has 0 radical (unpaired) electrons. The second-order valence-corrected chi connectivity index (χ2v) is 8.02. The molecular weight excluding hydrogens is 403 g/mol. The number of hydrogen-bond donors (Lipinski definition) is 3. The van der Waals surface area contributed by atoms with Crippen LogP contribution in [0.4, 0.5) is 4.39 Å². The van der Waals surface area contributed by atoms with E-state index in [9.17, 15) is 14.4 Å². The number of nitrogens with zero attached hydrogens (tertiary/aromatic N) is 4. The van der Waals surface area contributed by atoms with E-state index in [1.54, 1.807) is 18.3 Å². The monoisotopic (exact) mass is 428 g/mol. The first-order valence-electron chi connectivity index (χ1n) is 10.4. The Balaban J connectivity index is 1.37. The van der Waals surface area contributed by atoms with Gasteiger partial charge in [-0.2, -0.15) is 5.26 Å². The zero-order chi connectivity index (χ0) is 21.8. The largest absolute Gasteiger partial charge is 0.394 e. The molecule has 3 N–H and O–H groups in total. The molecular formula is C21H25FN6O3. The van der Waals surface area contributed by atoms with Crippen LogP contribution in [0.5, 0.6) is 0 Å². The number of carbonyl (C=O) groups excluding carboxylic acids is 1. The van der Waals surface area contributed by atoms with E-state index >= 15 is 0 Å². The third kappa shape index (κ3) is 4.90. The van der Waals surface area contributed by atoms with E-state index in [-0.39, 0.29) is 38.2 Å². The zero-order valence-corrected chi connectivity index (χ0v) is 17.0. The Hall–Kier alpha value is -2.87. The van der Waals surface area contributed by atoms with Crippen LogP contribution in [-0.2, 0) is 22.6 Å². The van der Waals surface area contributed by atoms with Gasteiger partial charge in [0.2, 0.25) is 5.91 Å². The minimum absolute atomic E-state index is 0.0762. The molecule has 4 rings (SSSR count). The van der Waals surface area contributed by atoms with Crippen LogP contribution in [-0.4, -0.2) is 57.3 Å². The van der Waals surface area contributed by atoms with Gasteiger partial charge >= 0.3 is 0 Å². The van der Waals surface area contributed by atoms with Gasteiger partial charge in [0.25, 0.3) is 0 Å². The van der Waals surface area contributed by atoms with Gasteiger partial charge in [0.15, 0.2) is 0 Å². The summed E-state index contributed by atoms with van der Waals surface area (Å²) in [6, 6.07) is 5.97. The van der Waals surface area contributed by atoms with Crippen molar-refractivity contribution in [2.75, 3.05) is 13.2 Å². The number of carbonyl (C=O) groups is 1. The number of aliphatic hydroxyl groups excluding tert-OH is 1. The fraction of sp³-hybridized carbons (Fsp3) is 0.524. The van der Waals surface area contributed by atoms with E-state index in [0.717, 1.165) is 19.3 Å². The number of rotatable bonds is 9. The van der Waals surface area contributed by atoms with Gasteiger partial charge in [-0.05, 0) is 42.9 Å². The summed E-state index contributed by atoms with van der Waals surface area (Å²) in [5.41, 5.74) is 1.37. The summed E-state index contributed by atoms with van der Waals surface area (Å²) in [5.74, 6) is -0.352. The maximum absolute atomic E-state index is 14.7. The second-order valence-electron chi connectivity index (χ2n) is 8.02. The molecule has 1 amide bonds. The summed E-state index contributed by atoms with van der Waals surface area (Å²) in [6.07, 6.45) is 4.82. The van der Waals surface area contributed by atoms with Crippen molar-refractivity contribution in [2.24, 2.45) is 5.92 Å². The van der Waals surface area contributed by atoms with Crippen molar-refractivity contribution in [1.29, 1.82) is 5.26 Å². The Labute approximate surface area is 179 Å². The van der Waals surface area contributed by atoms with Crippen molar-refractivity contribution in [3.8, 4) is 11.8 Å². The van der Waals surface area contributed by atoms with Crippen LogP contribution in [0.2, 0.25) is 0 Å². The number of fused-ring (bicyclic) bond motifs is 2. The van der Waals surface area contributed by atoms with E-state index in [1.807, 2.05) is 0 Å². The van der Waals surface area contributed by atoms with Crippen molar-refractivity contribution in [3.63, 3.8) is 0 Å². The number of ether oxygens (including phenoxy) is 1. The molecule has 2 bridgehead atoms. The number of aromatic nitrogens is 3. The van der Waals surface area contributed by atoms with E-state index in [2.05, 4.69) is 27.0 Å². The van der Waals surface area contributed by atoms with Crippen LogP contribution in [0.1, 0.15) is 30.5 Å². The summed E-state index contributed by atoms with van der Waals surface area (Å²) < 4.78 is 21.3. The molecule has 1 aliphatic heterocycles. The molecule has 1 aliphatic carbocycles. The van der Waals surface area contributed by atoms with Gasteiger partial charge in [-0.15, -0.1) is 5.10 Å². The lowest BCUT2D eigenvalue weighted by Crippen LogP contribution is -2.50. The molecule has 10 heteroatoms. The minimum Gasteiger partial charge on any atom is -0.394 e. The van der Waals surface area contributed by atoms with Crippen molar-refractivity contribution in [2.45, 2.75) is 50.4 Å². The maximum Gasteiger partial charge on any atom is 0.238 e. The Bertz CT molecular complexity index is 974. The van der Waals surface area contributed by atoms with Gasteiger partial charge in [0.05, 0.1) is 43.8 Å². The number of piperidine rings is 1.